The van der Waals surface area contributed by atoms with E-state index in [1.807, 2.05) is 0 Å². The van der Waals surface area contributed by atoms with Crippen molar-refractivity contribution in [2.45, 2.75) is 10.4 Å². The van der Waals surface area contributed by atoms with Gasteiger partial charge in [0.25, 0.3) is 0 Å². The maximum Gasteiger partial charge on any atom is 0.446 e. The number of thioether (sulfide) groups is 1. The highest BCUT2D eigenvalue weighted by Crippen LogP contribution is 2.40. The van der Waals surface area contributed by atoms with Gasteiger partial charge in [0.1, 0.15) is 11.9 Å². The van der Waals surface area contributed by atoms with Crippen molar-refractivity contribution in [3.05, 3.63) is 29.1 Å². The average molecular weight is 279 g/mol. The Bertz CT molecular complexity index is 522. The highest BCUT2D eigenvalue weighted by Gasteiger charge is 2.32. The molecular weight excluding hydrogens is 274 g/mol. The van der Waals surface area contributed by atoms with Crippen molar-refractivity contribution >= 4 is 17.7 Å². The van der Waals surface area contributed by atoms with Crippen LogP contribution in [-0.4, -0.2) is 18.6 Å². The second-order valence-corrected chi connectivity index (χ2v) is 4.06. The number of carbonyl (C=O) groups excluding carboxylic acids is 1. The van der Waals surface area contributed by atoms with Crippen molar-refractivity contribution in [1.29, 1.82) is 5.26 Å². The van der Waals surface area contributed by atoms with Crippen LogP contribution in [0, 0.1) is 17.1 Å². The molecule has 3 nitrogen and oxygen atoms in total. The molecule has 1 aromatic carbocycles. The quantitative estimate of drug-likeness (QED) is 0.474. The Hall–Kier alpha value is -1.75. The second-order valence-electron chi connectivity index (χ2n) is 2.99. The van der Waals surface area contributed by atoms with Crippen LogP contribution in [0.4, 0.5) is 17.6 Å². The minimum absolute atomic E-state index is 0.321. The molecule has 0 amide bonds. The fourth-order valence-electron chi connectivity index (χ4n) is 1.13. The summed E-state index contributed by atoms with van der Waals surface area (Å²) in [6, 6.07) is 2.86. The van der Waals surface area contributed by atoms with Crippen molar-refractivity contribution < 1.29 is 27.1 Å². The van der Waals surface area contributed by atoms with Crippen LogP contribution in [0.1, 0.15) is 15.9 Å². The van der Waals surface area contributed by atoms with E-state index in [-0.39, 0.29) is 5.56 Å². The molecule has 0 aromatic heterocycles. The molecule has 0 N–H and O–H groups in total. The van der Waals surface area contributed by atoms with E-state index in [1.165, 1.54) is 6.07 Å². The molecule has 18 heavy (non-hydrogen) atoms. The Labute approximate surface area is 103 Å². The van der Waals surface area contributed by atoms with Gasteiger partial charge in [0.15, 0.2) is 0 Å². The fourth-order valence-corrected chi connectivity index (χ4v) is 1.73. The zero-order chi connectivity index (χ0) is 13.9. The number of hydrogen-bond donors (Lipinski definition) is 0. The highest BCUT2D eigenvalue weighted by molar-refractivity contribution is 8.00. The number of nitrogens with zero attached hydrogens (tertiary/aromatic N) is 1. The van der Waals surface area contributed by atoms with Crippen LogP contribution < -0.4 is 0 Å². The molecule has 0 spiro atoms. The lowest BCUT2D eigenvalue weighted by Gasteiger charge is -2.09. The van der Waals surface area contributed by atoms with Crippen molar-refractivity contribution in [2.24, 2.45) is 0 Å². The standard InChI is InChI=1S/C10H5F4NO2S/c1-17-9(16)5-2-6(4-15)8(7(11)3-5)18-10(12,13)14/h2-3H,1H3. The number of hydrogen-bond acceptors (Lipinski definition) is 4. The molecule has 0 saturated heterocycles. The Kier molecular flexibility index (Phi) is 4.19. The van der Waals surface area contributed by atoms with Crippen LogP contribution >= 0.6 is 11.8 Å². The number of methoxy groups -OCH3 is 1. The summed E-state index contributed by atoms with van der Waals surface area (Å²) in [6.45, 7) is 0. The summed E-state index contributed by atoms with van der Waals surface area (Å²) in [4.78, 5) is 10.2. The molecule has 0 aliphatic rings. The molecule has 0 radical (unpaired) electrons. The third-order valence-electron chi connectivity index (χ3n) is 1.80. The number of rotatable bonds is 2. The first-order valence-electron chi connectivity index (χ1n) is 4.36. The topological polar surface area (TPSA) is 50.1 Å². The first-order valence-corrected chi connectivity index (χ1v) is 5.18. The van der Waals surface area contributed by atoms with Crippen LogP contribution in [0.2, 0.25) is 0 Å². The zero-order valence-electron chi connectivity index (χ0n) is 8.84. The van der Waals surface area contributed by atoms with Crippen molar-refractivity contribution in [2.75, 3.05) is 7.11 Å². The molecule has 1 rings (SSSR count). The van der Waals surface area contributed by atoms with E-state index in [4.69, 9.17) is 5.26 Å². The first kappa shape index (κ1) is 14.3. The summed E-state index contributed by atoms with van der Waals surface area (Å²) in [5, 5.41) is 8.67. The Morgan fingerprint density at radius 2 is 2.06 bits per heavy atom. The van der Waals surface area contributed by atoms with Gasteiger partial charge in [0.05, 0.1) is 23.1 Å². The van der Waals surface area contributed by atoms with E-state index in [0.29, 0.717) is 6.07 Å². The average Bonchev–Trinajstić information content (AvgIpc) is 2.28. The van der Waals surface area contributed by atoms with Gasteiger partial charge < -0.3 is 4.74 Å². The van der Waals surface area contributed by atoms with E-state index in [1.54, 1.807) is 0 Å². The Balaban J connectivity index is 3.30. The maximum absolute atomic E-state index is 13.4. The number of ether oxygens (including phenoxy) is 1. The highest BCUT2D eigenvalue weighted by atomic mass is 32.2. The van der Waals surface area contributed by atoms with E-state index in [0.717, 1.165) is 13.2 Å². The smallest absolute Gasteiger partial charge is 0.446 e. The Morgan fingerprint density at radius 3 is 2.50 bits per heavy atom. The number of alkyl halides is 3. The SMILES string of the molecule is COC(=O)c1cc(F)c(SC(F)(F)F)c(C#N)c1. The van der Waals surface area contributed by atoms with Gasteiger partial charge in [0.2, 0.25) is 0 Å². The van der Waals surface area contributed by atoms with E-state index in [9.17, 15) is 22.4 Å². The summed E-state index contributed by atoms with van der Waals surface area (Å²) in [7, 11) is 1.03. The zero-order valence-corrected chi connectivity index (χ0v) is 9.66. The second kappa shape index (κ2) is 5.27. The van der Waals surface area contributed by atoms with E-state index < -0.39 is 39.5 Å². The molecule has 0 aliphatic heterocycles. The normalized spacial score (nSPS) is 10.9. The van der Waals surface area contributed by atoms with Crippen molar-refractivity contribution in [1.82, 2.24) is 0 Å². The minimum Gasteiger partial charge on any atom is -0.465 e. The molecule has 1 aromatic rings. The molecule has 0 fully saturated rings. The van der Waals surface area contributed by atoms with Crippen LogP contribution in [0.25, 0.3) is 0 Å². The van der Waals surface area contributed by atoms with Gasteiger partial charge in [-0.15, -0.1) is 0 Å². The third-order valence-corrected chi connectivity index (χ3v) is 2.65. The molecule has 0 heterocycles. The van der Waals surface area contributed by atoms with E-state index >= 15 is 0 Å². The summed E-state index contributed by atoms with van der Waals surface area (Å²) < 4.78 is 54.2. The van der Waals surface area contributed by atoms with Gasteiger partial charge in [-0.1, -0.05) is 0 Å². The summed E-state index contributed by atoms with van der Waals surface area (Å²) in [5.74, 6) is -2.23. The predicted molar refractivity (Wildman–Crippen MR) is 54.4 cm³/mol. The van der Waals surface area contributed by atoms with Crippen molar-refractivity contribution in [3.8, 4) is 6.07 Å². The van der Waals surface area contributed by atoms with Gasteiger partial charge >= 0.3 is 11.5 Å². The summed E-state index contributed by atoms with van der Waals surface area (Å²) >= 11 is -0.743. The van der Waals surface area contributed by atoms with Gasteiger partial charge in [-0.25, -0.2) is 9.18 Å². The number of nitriles is 1. The lowest BCUT2D eigenvalue weighted by Crippen LogP contribution is -2.06. The van der Waals surface area contributed by atoms with E-state index in [2.05, 4.69) is 4.74 Å². The number of benzene rings is 1. The summed E-state index contributed by atoms with van der Waals surface area (Å²) in [6.07, 6.45) is 0. The minimum atomic E-state index is -4.72. The molecule has 0 saturated carbocycles. The van der Waals surface area contributed by atoms with Crippen molar-refractivity contribution in [3.63, 3.8) is 0 Å². The maximum atomic E-state index is 13.4. The molecule has 0 aliphatic carbocycles. The Morgan fingerprint density at radius 1 is 1.44 bits per heavy atom. The van der Waals surface area contributed by atoms with Crippen LogP contribution in [-0.2, 0) is 4.74 Å². The van der Waals surface area contributed by atoms with Crippen LogP contribution in [0.15, 0.2) is 17.0 Å². The predicted octanol–water partition coefficient (Wildman–Crippen LogP) is 3.10. The molecule has 0 unspecified atom stereocenters. The monoisotopic (exact) mass is 279 g/mol. The third kappa shape index (κ3) is 3.37. The number of esters is 1. The van der Waals surface area contributed by atoms with Gasteiger partial charge in [-0.2, -0.15) is 18.4 Å². The number of carbonyl (C=O) groups is 1. The molecule has 96 valence electrons. The van der Waals surface area contributed by atoms with Gasteiger partial charge in [0, 0.05) is 0 Å². The van der Waals surface area contributed by atoms with Gasteiger partial charge in [-0.3, -0.25) is 0 Å². The largest absolute Gasteiger partial charge is 0.465 e. The molecule has 0 bridgehead atoms. The molecule has 0 atom stereocenters. The van der Waals surface area contributed by atoms with Crippen LogP contribution in [0.3, 0.4) is 0 Å². The molecular formula is C10H5F4NO2S. The fraction of sp³-hybridized carbons (Fsp3) is 0.200. The van der Waals surface area contributed by atoms with Gasteiger partial charge in [-0.05, 0) is 23.9 Å². The lowest BCUT2D eigenvalue weighted by atomic mass is 10.1. The summed E-state index contributed by atoms with van der Waals surface area (Å²) in [5.41, 5.74) is -5.62. The molecule has 8 heteroatoms. The lowest BCUT2D eigenvalue weighted by molar-refractivity contribution is -0.0329. The van der Waals surface area contributed by atoms with Crippen LogP contribution in [0.5, 0.6) is 0 Å². The number of halogens is 4. The first-order chi connectivity index (χ1) is 8.28.